The highest BCUT2D eigenvalue weighted by Gasteiger charge is 2.14. The molecule has 1 atom stereocenters. The van der Waals surface area contributed by atoms with Gasteiger partial charge in [0, 0.05) is 17.6 Å². The van der Waals surface area contributed by atoms with Gasteiger partial charge in [0.2, 0.25) is 0 Å². The van der Waals surface area contributed by atoms with Gasteiger partial charge in [-0.05, 0) is 49.9 Å². The first-order chi connectivity index (χ1) is 8.34. The SMILES string of the molecule is Brc1cccc(CNCCCC2CCCO2)c1. The number of halogens is 1. The van der Waals surface area contributed by atoms with Gasteiger partial charge >= 0.3 is 0 Å². The molecule has 1 heterocycles. The Bertz CT molecular complexity index is 337. The Hall–Kier alpha value is -0.380. The van der Waals surface area contributed by atoms with Gasteiger partial charge in [0.05, 0.1) is 6.10 Å². The second-order valence-electron chi connectivity index (χ2n) is 4.58. The van der Waals surface area contributed by atoms with Gasteiger partial charge < -0.3 is 10.1 Å². The van der Waals surface area contributed by atoms with E-state index in [4.69, 9.17) is 4.74 Å². The fraction of sp³-hybridized carbons (Fsp3) is 0.571. The molecular weight excluding hydrogens is 278 g/mol. The van der Waals surface area contributed by atoms with Crippen molar-refractivity contribution in [2.24, 2.45) is 0 Å². The highest BCUT2D eigenvalue weighted by atomic mass is 79.9. The summed E-state index contributed by atoms with van der Waals surface area (Å²) >= 11 is 3.49. The van der Waals surface area contributed by atoms with Crippen molar-refractivity contribution in [1.29, 1.82) is 0 Å². The predicted octanol–water partition coefficient (Wildman–Crippen LogP) is 3.50. The second-order valence-corrected chi connectivity index (χ2v) is 5.50. The molecule has 1 fully saturated rings. The molecule has 0 bridgehead atoms. The van der Waals surface area contributed by atoms with Crippen LogP contribution in [0.5, 0.6) is 0 Å². The zero-order chi connectivity index (χ0) is 11.9. The van der Waals surface area contributed by atoms with Crippen molar-refractivity contribution in [3.63, 3.8) is 0 Å². The highest BCUT2D eigenvalue weighted by molar-refractivity contribution is 9.10. The summed E-state index contributed by atoms with van der Waals surface area (Å²) in [6.07, 6.45) is 5.44. The van der Waals surface area contributed by atoms with E-state index >= 15 is 0 Å². The summed E-state index contributed by atoms with van der Waals surface area (Å²) in [7, 11) is 0. The van der Waals surface area contributed by atoms with E-state index in [2.05, 4.69) is 45.5 Å². The lowest BCUT2D eigenvalue weighted by Crippen LogP contribution is -2.16. The maximum absolute atomic E-state index is 5.60. The lowest BCUT2D eigenvalue weighted by molar-refractivity contribution is 0.102. The van der Waals surface area contributed by atoms with Crippen LogP contribution >= 0.6 is 15.9 Å². The number of benzene rings is 1. The molecule has 0 aliphatic carbocycles. The van der Waals surface area contributed by atoms with Crippen LogP contribution in [0.1, 0.15) is 31.2 Å². The minimum atomic E-state index is 0.530. The molecule has 0 aromatic heterocycles. The average Bonchev–Trinajstić information content (AvgIpc) is 2.82. The Kier molecular flexibility index (Phi) is 5.49. The number of hydrogen-bond acceptors (Lipinski definition) is 2. The van der Waals surface area contributed by atoms with Crippen molar-refractivity contribution in [1.82, 2.24) is 5.32 Å². The van der Waals surface area contributed by atoms with Crippen LogP contribution in [-0.2, 0) is 11.3 Å². The van der Waals surface area contributed by atoms with E-state index in [9.17, 15) is 0 Å². The van der Waals surface area contributed by atoms with E-state index in [-0.39, 0.29) is 0 Å². The van der Waals surface area contributed by atoms with Gasteiger partial charge in [-0.1, -0.05) is 28.1 Å². The van der Waals surface area contributed by atoms with Crippen LogP contribution in [0.2, 0.25) is 0 Å². The standard InChI is InChI=1S/C14H20BrNO/c15-13-5-1-4-12(10-13)11-16-8-2-6-14-7-3-9-17-14/h1,4-5,10,14,16H,2-3,6-9,11H2. The third kappa shape index (κ3) is 4.78. The maximum Gasteiger partial charge on any atom is 0.0576 e. The first-order valence-corrected chi connectivity index (χ1v) is 7.20. The van der Waals surface area contributed by atoms with Crippen molar-refractivity contribution in [3.05, 3.63) is 34.3 Å². The van der Waals surface area contributed by atoms with E-state index in [0.29, 0.717) is 6.10 Å². The summed E-state index contributed by atoms with van der Waals surface area (Å²) in [6, 6.07) is 8.44. The summed E-state index contributed by atoms with van der Waals surface area (Å²) in [5.41, 5.74) is 1.33. The van der Waals surface area contributed by atoms with Crippen LogP contribution in [0, 0.1) is 0 Å². The highest BCUT2D eigenvalue weighted by Crippen LogP contribution is 2.16. The Morgan fingerprint density at radius 1 is 1.41 bits per heavy atom. The van der Waals surface area contributed by atoms with E-state index in [1.807, 2.05) is 0 Å². The number of hydrogen-bond donors (Lipinski definition) is 1. The van der Waals surface area contributed by atoms with E-state index in [1.165, 1.54) is 31.2 Å². The molecule has 2 nitrogen and oxygen atoms in total. The van der Waals surface area contributed by atoms with Gasteiger partial charge in [0.1, 0.15) is 0 Å². The Morgan fingerprint density at radius 3 is 3.12 bits per heavy atom. The fourth-order valence-corrected chi connectivity index (χ4v) is 2.65. The van der Waals surface area contributed by atoms with Crippen molar-refractivity contribution in [2.75, 3.05) is 13.2 Å². The summed E-state index contributed by atoms with van der Waals surface area (Å²) in [6.45, 7) is 2.99. The van der Waals surface area contributed by atoms with Gasteiger partial charge in [0.25, 0.3) is 0 Å². The Morgan fingerprint density at radius 2 is 2.35 bits per heavy atom. The van der Waals surface area contributed by atoms with Gasteiger partial charge in [-0.25, -0.2) is 0 Å². The van der Waals surface area contributed by atoms with Crippen molar-refractivity contribution >= 4 is 15.9 Å². The fourth-order valence-electron chi connectivity index (χ4n) is 2.21. The zero-order valence-corrected chi connectivity index (χ0v) is 11.7. The van der Waals surface area contributed by atoms with E-state index in [0.717, 1.165) is 24.2 Å². The third-order valence-electron chi connectivity index (χ3n) is 3.12. The number of ether oxygens (including phenoxy) is 1. The molecule has 17 heavy (non-hydrogen) atoms. The van der Waals surface area contributed by atoms with Gasteiger partial charge in [-0.3, -0.25) is 0 Å². The predicted molar refractivity (Wildman–Crippen MR) is 74.1 cm³/mol. The molecule has 1 aliphatic heterocycles. The molecule has 1 unspecified atom stereocenters. The van der Waals surface area contributed by atoms with Crippen LogP contribution in [0.15, 0.2) is 28.7 Å². The molecule has 0 spiro atoms. The first-order valence-electron chi connectivity index (χ1n) is 6.41. The van der Waals surface area contributed by atoms with Crippen LogP contribution < -0.4 is 5.32 Å². The van der Waals surface area contributed by atoms with Crippen molar-refractivity contribution in [3.8, 4) is 0 Å². The molecule has 1 N–H and O–H groups in total. The summed E-state index contributed by atoms with van der Waals surface area (Å²) in [4.78, 5) is 0. The van der Waals surface area contributed by atoms with Crippen LogP contribution in [0.3, 0.4) is 0 Å². The molecule has 1 aromatic rings. The average molecular weight is 298 g/mol. The normalized spacial score (nSPS) is 19.7. The summed E-state index contributed by atoms with van der Waals surface area (Å²) in [5.74, 6) is 0. The summed E-state index contributed by atoms with van der Waals surface area (Å²) in [5, 5.41) is 3.48. The molecular formula is C14H20BrNO. The Labute approximate surface area is 112 Å². The van der Waals surface area contributed by atoms with Gasteiger partial charge in [-0.2, -0.15) is 0 Å². The zero-order valence-electron chi connectivity index (χ0n) is 10.1. The first kappa shape index (κ1) is 13.1. The number of nitrogens with one attached hydrogen (secondary N) is 1. The molecule has 1 aliphatic rings. The molecule has 3 heteroatoms. The molecule has 1 saturated heterocycles. The Balaban J connectivity index is 1.56. The van der Waals surface area contributed by atoms with Crippen LogP contribution in [0.4, 0.5) is 0 Å². The number of rotatable bonds is 6. The quantitative estimate of drug-likeness (QED) is 0.812. The lowest BCUT2D eigenvalue weighted by atomic mass is 10.1. The minimum Gasteiger partial charge on any atom is -0.378 e. The van der Waals surface area contributed by atoms with Gasteiger partial charge in [-0.15, -0.1) is 0 Å². The largest absolute Gasteiger partial charge is 0.378 e. The molecule has 1 aromatic carbocycles. The molecule has 94 valence electrons. The van der Waals surface area contributed by atoms with Crippen LogP contribution in [0.25, 0.3) is 0 Å². The second kappa shape index (κ2) is 7.14. The van der Waals surface area contributed by atoms with Gasteiger partial charge in [0.15, 0.2) is 0 Å². The molecule has 0 saturated carbocycles. The topological polar surface area (TPSA) is 21.3 Å². The maximum atomic E-state index is 5.60. The minimum absolute atomic E-state index is 0.530. The van der Waals surface area contributed by atoms with Crippen molar-refractivity contribution < 1.29 is 4.74 Å². The smallest absolute Gasteiger partial charge is 0.0576 e. The third-order valence-corrected chi connectivity index (χ3v) is 3.62. The van der Waals surface area contributed by atoms with Crippen molar-refractivity contribution in [2.45, 2.75) is 38.3 Å². The molecule has 0 radical (unpaired) electrons. The monoisotopic (exact) mass is 297 g/mol. The summed E-state index contributed by atoms with van der Waals surface area (Å²) < 4.78 is 6.75. The lowest BCUT2D eigenvalue weighted by Gasteiger charge is -2.09. The van der Waals surface area contributed by atoms with Crippen LogP contribution in [-0.4, -0.2) is 19.3 Å². The molecule has 2 rings (SSSR count). The molecule has 0 amide bonds. The van der Waals surface area contributed by atoms with E-state index < -0.39 is 0 Å². The van der Waals surface area contributed by atoms with E-state index in [1.54, 1.807) is 0 Å².